The molecule has 1 N–H and O–H groups in total. The van der Waals surface area contributed by atoms with Crippen molar-refractivity contribution in [1.29, 1.82) is 0 Å². The van der Waals surface area contributed by atoms with Crippen LogP contribution in [-0.4, -0.2) is 41.2 Å². The Morgan fingerprint density at radius 1 is 1.25 bits per heavy atom. The van der Waals surface area contributed by atoms with E-state index < -0.39 is 12.2 Å². The third-order valence-electron chi connectivity index (χ3n) is 4.98. The van der Waals surface area contributed by atoms with Crippen molar-refractivity contribution in [2.24, 2.45) is 0 Å². The first-order valence-corrected chi connectivity index (χ1v) is 9.03. The number of carbonyl (C=O) groups excluding carboxylic acids is 1. The van der Waals surface area contributed by atoms with Crippen LogP contribution in [0.25, 0.3) is 0 Å². The zero-order valence-electron chi connectivity index (χ0n) is 15.6. The van der Waals surface area contributed by atoms with Gasteiger partial charge in [0.25, 0.3) is 5.91 Å². The Morgan fingerprint density at radius 3 is 2.54 bits per heavy atom. The van der Waals surface area contributed by atoms with Crippen molar-refractivity contribution in [3.63, 3.8) is 0 Å². The highest BCUT2D eigenvalue weighted by Gasteiger charge is 2.32. The van der Waals surface area contributed by atoms with E-state index in [0.717, 1.165) is 42.6 Å². The number of hydrogen-bond acceptors (Lipinski definition) is 3. The van der Waals surface area contributed by atoms with E-state index in [1.54, 1.807) is 18.9 Å². The number of aliphatic hydroxyl groups is 1. The summed E-state index contributed by atoms with van der Waals surface area (Å²) >= 11 is 0. The highest BCUT2D eigenvalue weighted by Crippen LogP contribution is 2.29. The Bertz CT molecular complexity index is 570. The van der Waals surface area contributed by atoms with Gasteiger partial charge in [0.15, 0.2) is 6.10 Å². The molecule has 3 atom stereocenters. The van der Waals surface area contributed by atoms with Gasteiger partial charge < -0.3 is 14.7 Å². The summed E-state index contributed by atoms with van der Waals surface area (Å²) in [6, 6.07) is 6.04. The first kappa shape index (κ1) is 18.8. The number of hydrogen-bond donors (Lipinski definition) is 1. The molecule has 1 saturated carbocycles. The van der Waals surface area contributed by atoms with Crippen molar-refractivity contribution in [3.8, 4) is 5.75 Å². The molecule has 24 heavy (non-hydrogen) atoms. The van der Waals surface area contributed by atoms with Gasteiger partial charge in [0.1, 0.15) is 5.75 Å². The third kappa shape index (κ3) is 4.29. The summed E-state index contributed by atoms with van der Waals surface area (Å²) in [5, 5.41) is 10.2. The molecule has 1 aromatic carbocycles. The number of ether oxygens (including phenoxy) is 1. The van der Waals surface area contributed by atoms with Crippen LogP contribution in [0.2, 0.25) is 0 Å². The summed E-state index contributed by atoms with van der Waals surface area (Å²) in [5.74, 6) is 1.04. The first-order valence-electron chi connectivity index (χ1n) is 9.03. The van der Waals surface area contributed by atoms with Crippen LogP contribution in [0.3, 0.4) is 0 Å². The van der Waals surface area contributed by atoms with Crippen molar-refractivity contribution in [2.45, 2.75) is 77.5 Å². The van der Waals surface area contributed by atoms with Gasteiger partial charge in [0.2, 0.25) is 0 Å². The van der Waals surface area contributed by atoms with Gasteiger partial charge in [-0.2, -0.15) is 0 Å². The average molecular weight is 333 g/mol. The second kappa shape index (κ2) is 8.02. The summed E-state index contributed by atoms with van der Waals surface area (Å²) < 4.78 is 6.02. The lowest BCUT2D eigenvalue weighted by Crippen LogP contribution is -2.50. The van der Waals surface area contributed by atoms with Crippen molar-refractivity contribution < 1.29 is 14.6 Å². The van der Waals surface area contributed by atoms with Gasteiger partial charge in [0.05, 0.1) is 12.1 Å². The maximum atomic E-state index is 12.7. The van der Waals surface area contributed by atoms with Crippen LogP contribution < -0.4 is 4.74 Å². The molecular formula is C20H31NO3. The molecule has 2 rings (SSSR count). The maximum absolute atomic E-state index is 12.7. The summed E-state index contributed by atoms with van der Waals surface area (Å²) in [6.45, 7) is 8.05. The van der Waals surface area contributed by atoms with Crippen LogP contribution in [0.1, 0.15) is 63.5 Å². The Morgan fingerprint density at radius 2 is 1.92 bits per heavy atom. The molecule has 0 aliphatic heterocycles. The highest BCUT2D eigenvalue weighted by atomic mass is 16.5. The van der Waals surface area contributed by atoms with Crippen LogP contribution >= 0.6 is 0 Å². The van der Waals surface area contributed by atoms with E-state index in [-0.39, 0.29) is 11.9 Å². The number of nitrogens with zero attached hydrogens (tertiary/aromatic N) is 1. The van der Waals surface area contributed by atoms with Crippen molar-refractivity contribution in [3.05, 3.63) is 29.3 Å². The molecule has 4 heteroatoms. The standard InChI is InChI=1S/C20H31NO3/c1-13(2)16-11-10-14(3)12-19(16)24-15(4)20(23)21(5)17-8-6-7-9-18(17)22/h10-13,15,17-18,22H,6-9H2,1-5H3/t15-,17+,18+/m0/s1. The van der Waals surface area contributed by atoms with E-state index in [1.165, 1.54) is 0 Å². The quantitative estimate of drug-likeness (QED) is 0.895. The summed E-state index contributed by atoms with van der Waals surface area (Å²) in [6.07, 6.45) is 2.73. The molecule has 0 radical (unpaired) electrons. The van der Waals surface area contributed by atoms with Crippen LogP contribution in [-0.2, 0) is 4.79 Å². The van der Waals surface area contributed by atoms with Gasteiger partial charge in [-0.05, 0) is 49.8 Å². The lowest BCUT2D eigenvalue weighted by atomic mass is 9.91. The Labute approximate surface area is 145 Å². The number of rotatable bonds is 5. The Kier molecular flexibility index (Phi) is 6.27. The molecule has 0 heterocycles. The fourth-order valence-electron chi connectivity index (χ4n) is 3.46. The van der Waals surface area contributed by atoms with E-state index in [1.807, 2.05) is 13.0 Å². The van der Waals surface area contributed by atoms with Crippen LogP contribution in [0.4, 0.5) is 0 Å². The first-order chi connectivity index (χ1) is 11.3. The van der Waals surface area contributed by atoms with E-state index in [9.17, 15) is 9.90 Å². The molecule has 0 unspecified atom stereocenters. The van der Waals surface area contributed by atoms with Gasteiger partial charge in [-0.15, -0.1) is 0 Å². The molecule has 134 valence electrons. The summed E-state index contributed by atoms with van der Waals surface area (Å²) in [7, 11) is 1.78. The molecule has 0 saturated heterocycles. The molecule has 0 aromatic heterocycles. The number of amides is 1. The van der Waals surface area contributed by atoms with E-state index in [2.05, 4.69) is 26.0 Å². The second-order valence-corrected chi connectivity index (χ2v) is 7.32. The zero-order valence-corrected chi connectivity index (χ0v) is 15.6. The molecule has 1 fully saturated rings. The largest absolute Gasteiger partial charge is 0.481 e. The van der Waals surface area contributed by atoms with Gasteiger partial charge in [-0.25, -0.2) is 0 Å². The van der Waals surface area contributed by atoms with Crippen LogP contribution in [0.15, 0.2) is 18.2 Å². The minimum atomic E-state index is -0.566. The second-order valence-electron chi connectivity index (χ2n) is 7.32. The molecular weight excluding hydrogens is 302 g/mol. The predicted molar refractivity (Wildman–Crippen MR) is 96.4 cm³/mol. The predicted octanol–water partition coefficient (Wildman–Crippen LogP) is 3.65. The molecule has 1 amide bonds. The lowest BCUT2D eigenvalue weighted by molar-refractivity contribution is -0.142. The SMILES string of the molecule is Cc1ccc(C(C)C)c(O[C@@H](C)C(=O)N(C)[C@@H]2CCCC[C@H]2O)c1. The third-order valence-corrected chi connectivity index (χ3v) is 4.98. The minimum Gasteiger partial charge on any atom is -0.481 e. The number of aryl methyl sites for hydroxylation is 1. The molecule has 0 bridgehead atoms. The maximum Gasteiger partial charge on any atom is 0.263 e. The number of likely N-dealkylation sites (N-methyl/N-ethyl adjacent to an activating group) is 1. The molecule has 4 nitrogen and oxygen atoms in total. The number of aliphatic hydroxyl groups excluding tert-OH is 1. The number of benzene rings is 1. The van der Waals surface area contributed by atoms with Gasteiger partial charge in [-0.3, -0.25) is 4.79 Å². The van der Waals surface area contributed by atoms with Gasteiger partial charge in [-0.1, -0.05) is 38.8 Å². The van der Waals surface area contributed by atoms with Crippen LogP contribution in [0.5, 0.6) is 5.75 Å². The topological polar surface area (TPSA) is 49.8 Å². The lowest BCUT2D eigenvalue weighted by Gasteiger charge is -2.36. The summed E-state index contributed by atoms with van der Waals surface area (Å²) in [5.41, 5.74) is 2.23. The van der Waals surface area contributed by atoms with Crippen LogP contribution in [0, 0.1) is 6.92 Å². The highest BCUT2D eigenvalue weighted by molar-refractivity contribution is 5.81. The van der Waals surface area contributed by atoms with Gasteiger partial charge in [0, 0.05) is 7.05 Å². The number of carbonyl (C=O) groups is 1. The monoisotopic (exact) mass is 333 g/mol. The fourth-order valence-corrected chi connectivity index (χ4v) is 3.46. The zero-order chi connectivity index (χ0) is 17.9. The van der Waals surface area contributed by atoms with E-state index in [4.69, 9.17) is 4.74 Å². The Hall–Kier alpha value is -1.55. The average Bonchev–Trinajstić information content (AvgIpc) is 2.53. The fraction of sp³-hybridized carbons (Fsp3) is 0.650. The molecule has 1 aromatic rings. The smallest absolute Gasteiger partial charge is 0.263 e. The molecule has 0 spiro atoms. The van der Waals surface area contributed by atoms with Gasteiger partial charge >= 0.3 is 0 Å². The van der Waals surface area contributed by atoms with E-state index in [0.29, 0.717) is 5.92 Å². The molecule has 1 aliphatic carbocycles. The normalized spacial score (nSPS) is 22.3. The molecule has 1 aliphatic rings. The van der Waals surface area contributed by atoms with E-state index >= 15 is 0 Å². The van der Waals surface area contributed by atoms with Crippen molar-refractivity contribution in [2.75, 3.05) is 7.05 Å². The Balaban J connectivity index is 2.10. The van der Waals surface area contributed by atoms with Crippen molar-refractivity contribution in [1.82, 2.24) is 4.90 Å². The summed E-state index contributed by atoms with van der Waals surface area (Å²) in [4.78, 5) is 14.4. The minimum absolute atomic E-state index is 0.0721. The van der Waals surface area contributed by atoms with Crippen molar-refractivity contribution >= 4 is 5.91 Å².